The molecule has 13 heavy (non-hydrogen) atoms. The average molecular weight is 210 g/mol. The van der Waals surface area contributed by atoms with Crippen molar-refractivity contribution in [1.29, 1.82) is 0 Å². The molecule has 1 fully saturated rings. The predicted octanol–water partition coefficient (Wildman–Crippen LogP) is 0.0500. The van der Waals surface area contributed by atoms with Crippen molar-refractivity contribution in [2.24, 2.45) is 11.7 Å². The molecule has 0 aromatic heterocycles. The Labute approximate surface area is 83.8 Å². The van der Waals surface area contributed by atoms with Crippen molar-refractivity contribution in [3.05, 3.63) is 12.7 Å². The number of carbonyl (C=O) groups excluding carboxylic acids is 1. The van der Waals surface area contributed by atoms with Gasteiger partial charge in [0.25, 0.3) is 0 Å². The van der Waals surface area contributed by atoms with E-state index in [1.165, 1.54) is 0 Å². The van der Waals surface area contributed by atoms with Gasteiger partial charge in [-0.25, -0.2) is 0 Å². The third kappa shape index (κ3) is 2.69. The third-order valence-electron chi connectivity index (χ3n) is 2.00. The second kappa shape index (κ2) is 5.21. The SMILES string of the molecule is C=C[C@@H]1C[C@]1(N)C(=O)OCC.Cl.O. The van der Waals surface area contributed by atoms with Crippen molar-refractivity contribution in [2.75, 3.05) is 6.61 Å². The number of ether oxygens (including phenoxy) is 1. The normalized spacial score (nSPS) is 29.2. The Morgan fingerprint density at radius 3 is 2.69 bits per heavy atom. The van der Waals surface area contributed by atoms with Gasteiger partial charge in [-0.2, -0.15) is 0 Å². The molecular formula is C8H16ClNO3. The molecule has 1 rings (SSSR count). The molecule has 1 aliphatic rings. The van der Waals surface area contributed by atoms with Crippen LogP contribution in [0.15, 0.2) is 12.7 Å². The van der Waals surface area contributed by atoms with E-state index in [0.29, 0.717) is 13.0 Å². The van der Waals surface area contributed by atoms with Gasteiger partial charge in [-0.15, -0.1) is 19.0 Å². The van der Waals surface area contributed by atoms with Crippen LogP contribution < -0.4 is 5.73 Å². The highest BCUT2D eigenvalue weighted by Crippen LogP contribution is 2.42. The number of rotatable bonds is 3. The molecule has 0 aliphatic heterocycles. The van der Waals surface area contributed by atoms with Crippen molar-refractivity contribution in [3.63, 3.8) is 0 Å². The molecule has 1 aliphatic carbocycles. The fourth-order valence-electron chi connectivity index (χ4n) is 1.10. The molecule has 2 atom stereocenters. The van der Waals surface area contributed by atoms with Gasteiger partial charge in [0.05, 0.1) is 6.61 Å². The van der Waals surface area contributed by atoms with E-state index < -0.39 is 5.54 Å². The van der Waals surface area contributed by atoms with E-state index in [4.69, 9.17) is 10.5 Å². The molecule has 0 aromatic carbocycles. The summed E-state index contributed by atoms with van der Waals surface area (Å²) < 4.78 is 4.79. The Morgan fingerprint density at radius 1 is 1.85 bits per heavy atom. The molecule has 0 heterocycles. The largest absolute Gasteiger partial charge is 0.465 e. The topological polar surface area (TPSA) is 83.8 Å². The molecule has 78 valence electrons. The smallest absolute Gasteiger partial charge is 0.326 e. The lowest BCUT2D eigenvalue weighted by atomic mass is 10.2. The van der Waals surface area contributed by atoms with Crippen LogP contribution in [0.4, 0.5) is 0 Å². The van der Waals surface area contributed by atoms with E-state index in [0.717, 1.165) is 0 Å². The lowest BCUT2D eigenvalue weighted by molar-refractivity contribution is -0.146. The Kier molecular flexibility index (Phi) is 5.98. The van der Waals surface area contributed by atoms with Gasteiger partial charge in [-0.1, -0.05) is 6.08 Å². The van der Waals surface area contributed by atoms with Gasteiger partial charge in [0.15, 0.2) is 0 Å². The van der Waals surface area contributed by atoms with Crippen LogP contribution in [0.5, 0.6) is 0 Å². The van der Waals surface area contributed by atoms with Crippen LogP contribution in [0.3, 0.4) is 0 Å². The Morgan fingerprint density at radius 2 is 2.38 bits per heavy atom. The van der Waals surface area contributed by atoms with Crippen molar-refractivity contribution in [3.8, 4) is 0 Å². The molecule has 0 saturated heterocycles. The van der Waals surface area contributed by atoms with E-state index in [2.05, 4.69) is 6.58 Å². The number of hydrogen-bond donors (Lipinski definition) is 1. The molecule has 5 heteroatoms. The summed E-state index contributed by atoms with van der Waals surface area (Å²) in [7, 11) is 0. The lowest BCUT2D eigenvalue weighted by Gasteiger charge is -2.07. The molecule has 0 unspecified atom stereocenters. The van der Waals surface area contributed by atoms with Crippen molar-refractivity contribution < 1.29 is 15.0 Å². The summed E-state index contributed by atoms with van der Waals surface area (Å²) in [5, 5.41) is 0. The number of hydrogen-bond acceptors (Lipinski definition) is 3. The van der Waals surface area contributed by atoms with Crippen LogP contribution in [-0.4, -0.2) is 23.6 Å². The monoisotopic (exact) mass is 209 g/mol. The van der Waals surface area contributed by atoms with Crippen molar-refractivity contribution in [1.82, 2.24) is 0 Å². The minimum Gasteiger partial charge on any atom is -0.465 e. The standard InChI is InChI=1S/C8H13NO2.ClH.H2O/c1-3-6-5-8(6,9)7(10)11-4-2;;/h3,6H,1,4-5,9H2,2H3;1H;1H2/t6-,8-;;/m1../s1. The maximum absolute atomic E-state index is 11.1. The van der Waals surface area contributed by atoms with E-state index in [1.54, 1.807) is 13.0 Å². The van der Waals surface area contributed by atoms with Crippen molar-refractivity contribution >= 4 is 18.4 Å². The first-order valence-corrected chi connectivity index (χ1v) is 3.73. The maximum atomic E-state index is 11.1. The summed E-state index contributed by atoms with van der Waals surface area (Å²) in [6.45, 7) is 5.73. The summed E-state index contributed by atoms with van der Waals surface area (Å²) in [5.41, 5.74) is 4.93. The Balaban J connectivity index is 0. The Bertz CT molecular complexity index is 198. The first-order valence-electron chi connectivity index (χ1n) is 3.73. The van der Waals surface area contributed by atoms with Crippen molar-refractivity contribution in [2.45, 2.75) is 18.9 Å². The number of halogens is 1. The highest BCUT2D eigenvalue weighted by atomic mass is 35.5. The molecule has 1 saturated carbocycles. The lowest BCUT2D eigenvalue weighted by Crippen LogP contribution is -2.36. The summed E-state index contributed by atoms with van der Waals surface area (Å²) in [6.07, 6.45) is 2.38. The molecule has 4 nitrogen and oxygen atoms in total. The Hall–Kier alpha value is -0.580. The second-order valence-electron chi connectivity index (χ2n) is 2.81. The van der Waals surface area contributed by atoms with Crippen LogP contribution in [-0.2, 0) is 9.53 Å². The zero-order chi connectivity index (χ0) is 8.48. The summed E-state index contributed by atoms with van der Waals surface area (Å²) in [4.78, 5) is 11.1. The van der Waals surface area contributed by atoms with E-state index in [9.17, 15) is 4.79 Å². The van der Waals surface area contributed by atoms with E-state index >= 15 is 0 Å². The van der Waals surface area contributed by atoms with Gasteiger partial charge in [0.1, 0.15) is 5.54 Å². The van der Waals surface area contributed by atoms with Crippen LogP contribution >= 0.6 is 12.4 Å². The molecule has 0 bridgehead atoms. The average Bonchev–Trinajstić information content (AvgIpc) is 2.64. The minimum absolute atomic E-state index is 0. The fourth-order valence-corrected chi connectivity index (χ4v) is 1.10. The predicted molar refractivity (Wildman–Crippen MR) is 52.7 cm³/mol. The van der Waals surface area contributed by atoms with E-state index in [1.807, 2.05) is 0 Å². The van der Waals surface area contributed by atoms with Crippen LogP contribution in [0, 0.1) is 5.92 Å². The quantitative estimate of drug-likeness (QED) is 0.527. The van der Waals surface area contributed by atoms with E-state index in [-0.39, 0.29) is 29.8 Å². The molecule has 0 aromatic rings. The molecule has 0 spiro atoms. The van der Waals surface area contributed by atoms with Gasteiger partial charge < -0.3 is 15.9 Å². The van der Waals surface area contributed by atoms with Gasteiger partial charge in [0, 0.05) is 5.92 Å². The number of carbonyl (C=O) groups is 1. The summed E-state index contributed by atoms with van der Waals surface area (Å²) in [6, 6.07) is 0. The van der Waals surface area contributed by atoms with Crippen LogP contribution in [0.1, 0.15) is 13.3 Å². The molecule has 4 N–H and O–H groups in total. The van der Waals surface area contributed by atoms with Crippen LogP contribution in [0.25, 0.3) is 0 Å². The van der Waals surface area contributed by atoms with Gasteiger partial charge in [-0.3, -0.25) is 4.79 Å². The first-order chi connectivity index (χ1) is 5.15. The highest BCUT2D eigenvalue weighted by molar-refractivity contribution is 5.85. The highest BCUT2D eigenvalue weighted by Gasteiger charge is 2.56. The maximum Gasteiger partial charge on any atom is 0.326 e. The van der Waals surface area contributed by atoms with Crippen LogP contribution in [0.2, 0.25) is 0 Å². The molecule has 0 radical (unpaired) electrons. The zero-order valence-electron chi connectivity index (χ0n) is 7.58. The molecular weight excluding hydrogens is 194 g/mol. The fraction of sp³-hybridized carbons (Fsp3) is 0.625. The summed E-state index contributed by atoms with van der Waals surface area (Å²) >= 11 is 0. The second-order valence-corrected chi connectivity index (χ2v) is 2.81. The van der Waals surface area contributed by atoms with Gasteiger partial charge in [-0.05, 0) is 13.3 Å². The number of esters is 1. The zero-order valence-corrected chi connectivity index (χ0v) is 8.39. The minimum atomic E-state index is -0.752. The third-order valence-corrected chi connectivity index (χ3v) is 2.00. The summed E-state index contributed by atoms with van der Waals surface area (Å²) in [5.74, 6) is -0.188. The van der Waals surface area contributed by atoms with Gasteiger partial charge >= 0.3 is 5.97 Å². The first kappa shape index (κ1) is 14.9. The number of nitrogens with two attached hydrogens (primary N) is 1. The molecule has 0 amide bonds. The van der Waals surface area contributed by atoms with Gasteiger partial charge in [0.2, 0.25) is 0 Å².